The summed E-state index contributed by atoms with van der Waals surface area (Å²) in [5.74, 6) is -2.73. The predicted molar refractivity (Wildman–Crippen MR) is 65.1 cm³/mol. The SMILES string of the molecule is CC1(C)OC(=O)C(Cc2ccc([N+](=O)[O-])cc2)=C([O-])O1. The van der Waals surface area contributed by atoms with Crippen LogP contribution in [0.25, 0.3) is 0 Å². The van der Waals surface area contributed by atoms with Gasteiger partial charge >= 0.3 is 5.97 Å². The molecule has 0 amide bonds. The third kappa shape index (κ3) is 2.87. The minimum Gasteiger partial charge on any atom is -0.575 e. The van der Waals surface area contributed by atoms with Crippen molar-refractivity contribution in [1.82, 2.24) is 0 Å². The first-order valence-electron chi connectivity index (χ1n) is 5.84. The molecule has 0 bridgehead atoms. The van der Waals surface area contributed by atoms with Crippen LogP contribution in [0, 0.1) is 10.1 Å². The van der Waals surface area contributed by atoms with Gasteiger partial charge in [0.1, 0.15) is 0 Å². The number of nitro benzene ring substituents is 1. The van der Waals surface area contributed by atoms with Crippen LogP contribution in [0.15, 0.2) is 35.8 Å². The maximum absolute atomic E-state index is 11.7. The van der Waals surface area contributed by atoms with Crippen LogP contribution < -0.4 is 5.11 Å². The van der Waals surface area contributed by atoms with Gasteiger partial charge in [-0.05, 0) is 19.4 Å². The van der Waals surface area contributed by atoms with E-state index in [1.807, 2.05) is 0 Å². The molecule has 0 aliphatic carbocycles. The number of hydrogen-bond acceptors (Lipinski definition) is 6. The number of rotatable bonds is 3. The molecule has 0 fully saturated rings. The Hall–Kier alpha value is -2.57. The molecule has 0 N–H and O–H groups in total. The zero-order chi connectivity index (χ0) is 14.9. The lowest BCUT2D eigenvalue weighted by Crippen LogP contribution is -2.40. The van der Waals surface area contributed by atoms with Crippen molar-refractivity contribution in [3.8, 4) is 0 Å². The summed E-state index contributed by atoms with van der Waals surface area (Å²) in [6, 6.07) is 5.57. The Labute approximate surface area is 114 Å². The third-order valence-corrected chi connectivity index (χ3v) is 2.70. The molecule has 1 aromatic carbocycles. The molecule has 0 saturated heterocycles. The summed E-state index contributed by atoms with van der Waals surface area (Å²) < 4.78 is 9.93. The molecular formula is C13H12NO6-. The summed E-state index contributed by atoms with van der Waals surface area (Å²) in [6.07, 6.45) is 0.00570. The molecule has 0 radical (unpaired) electrons. The molecule has 20 heavy (non-hydrogen) atoms. The van der Waals surface area contributed by atoms with Crippen LogP contribution in [-0.2, 0) is 20.7 Å². The van der Waals surface area contributed by atoms with Crippen molar-refractivity contribution in [2.24, 2.45) is 0 Å². The van der Waals surface area contributed by atoms with Gasteiger partial charge in [0.05, 0.1) is 16.4 Å². The van der Waals surface area contributed by atoms with Crippen LogP contribution in [0.5, 0.6) is 0 Å². The lowest BCUT2D eigenvalue weighted by atomic mass is 10.0. The monoisotopic (exact) mass is 278 g/mol. The number of ether oxygens (including phenoxy) is 2. The molecule has 7 heteroatoms. The number of nitro groups is 1. The van der Waals surface area contributed by atoms with E-state index in [4.69, 9.17) is 9.47 Å². The molecule has 1 aliphatic heterocycles. The van der Waals surface area contributed by atoms with Gasteiger partial charge in [-0.1, -0.05) is 12.1 Å². The second-order valence-electron chi connectivity index (χ2n) is 4.76. The lowest BCUT2D eigenvalue weighted by molar-refractivity contribution is -0.394. The summed E-state index contributed by atoms with van der Waals surface area (Å²) in [5.41, 5.74) is 0.395. The predicted octanol–water partition coefficient (Wildman–Crippen LogP) is 1.02. The molecule has 0 spiro atoms. The van der Waals surface area contributed by atoms with E-state index in [1.165, 1.54) is 38.1 Å². The van der Waals surface area contributed by atoms with Gasteiger partial charge in [0, 0.05) is 18.6 Å². The van der Waals surface area contributed by atoms with Gasteiger partial charge in [0.25, 0.3) is 5.69 Å². The molecule has 1 heterocycles. The van der Waals surface area contributed by atoms with Crippen molar-refractivity contribution >= 4 is 11.7 Å². The highest BCUT2D eigenvalue weighted by atomic mass is 16.8. The quantitative estimate of drug-likeness (QED) is 0.464. The molecule has 1 aromatic rings. The summed E-state index contributed by atoms with van der Waals surface area (Å²) in [6.45, 7) is 2.93. The molecule has 106 valence electrons. The fourth-order valence-electron chi connectivity index (χ4n) is 1.76. The van der Waals surface area contributed by atoms with Crippen LogP contribution >= 0.6 is 0 Å². The molecule has 0 atom stereocenters. The van der Waals surface area contributed by atoms with Crippen LogP contribution in [0.2, 0.25) is 0 Å². The van der Waals surface area contributed by atoms with Crippen LogP contribution in [0.4, 0.5) is 5.69 Å². The number of carbonyl (C=O) groups excluding carboxylic acids is 1. The van der Waals surface area contributed by atoms with E-state index < -0.39 is 22.6 Å². The van der Waals surface area contributed by atoms with Crippen molar-refractivity contribution in [1.29, 1.82) is 0 Å². The molecule has 0 aromatic heterocycles. The highest BCUT2D eigenvalue weighted by Gasteiger charge is 2.29. The van der Waals surface area contributed by atoms with E-state index in [1.54, 1.807) is 0 Å². The highest BCUT2D eigenvalue weighted by molar-refractivity contribution is 5.89. The largest absolute Gasteiger partial charge is 0.575 e. The van der Waals surface area contributed by atoms with Crippen LogP contribution in [0.1, 0.15) is 19.4 Å². The minimum absolute atomic E-state index is 0.00570. The van der Waals surface area contributed by atoms with E-state index in [-0.39, 0.29) is 17.7 Å². The topological polar surface area (TPSA) is 102 Å². The number of esters is 1. The lowest BCUT2D eigenvalue weighted by Gasteiger charge is -2.39. The average molecular weight is 278 g/mol. The van der Waals surface area contributed by atoms with Crippen molar-refractivity contribution < 1.29 is 24.3 Å². The van der Waals surface area contributed by atoms with E-state index >= 15 is 0 Å². The summed E-state index contributed by atoms with van der Waals surface area (Å²) in [5, 5.41) is 22.3. The van der Waals surface area contributed by atoms with Crippen molar-refractivity contribution in [2.45, 2.75) is 26.1 Å². The Morgan fingerprint density at radius 1 is 1.20 bits per heavy atom. The number of benzene rings is 1. The van der Waals surface area contributed by atoms with Gasteiger partial charge in [-0.3, -0.25) is 10.1 Å². The minimum atomic E-state index is -1.27. The molecule has 1 aliphatic rings. The molecule has 0 unspecified atom stereocenters. The second-order valence-corrected chi connectivity index (χ2v) is 4.76. The van der Waals surface area contributed by atoms with Gasteiger partial charge in [0.15, 0.2) is 5.79 Å². The Bertz CT molecular complexity index is 587. The molecule has 0 saturated carbocycles. The standard InChI is InChI=1S/C13H13NO6/c1-13(2)19-11(15)10(12(16)20-13)7-8-3-5-9(6-4-8)14(17)18/h3-6,15H,7H2,1-2H3/p-1. The maximum atomic E-state index is 11.7. The van der Waals surface area contributed by atoms with Crippen molar-refractivity contribution in [2.75, 3.05) is 0 Å². The molecule has 2 rings (SSSR count). The molecular weight excluding hydrogens is 266 g/mol. The molecule has 7 nitrogen and oxygen atoms in total. The number of cyclic esters (lactones) is 1. The fourth-order valence-corrected chi connectivity index (χ4v) is 1.76. The van der Waals surface area contributed by atoms with E-state index in [0.29, 0.717) is 5.56 Å². The summed E-state index contributed by atoms with van der Waals surface area (Å²) >= 11 is 0. The van der Waals surface area contributed by atoms with E-state index in [2.05, 4.69) is 0 Å². The second kappa shape index (κ2) is 4.84. The number of hydrogen-bond donors (Lipinski definition) is 0. The number of carbonyl (C=O) groups is 1. The maximum Gasteiger partial charge on any atom is 0.337 e. The van der Waals surface area contributed by atoms with Gasteiger partial charge < -0.3 is 14.6 Å². The summed E-state index contributed by atoms with van der Waals surface area (Å²) in [7, 11) is 0. The van der Waals surface area contributed by atoms with Crippen LogP contribution in [0.3, 0.4) is 0 Å². The summed E-state index contributed by atoms with van der Waals surface area (Å²) in [4.78, 5) is 21.7. The average Bonchev–Trinajstić information content (AvgIpc) is 2.33. The fraction of sp³-hybridized carbons (Fsp3) is 0.308. The Kier molecular flexibility index (Phi) is 3.35. The Morgan fingerprint density at radius 3 is 2.30 bits per heavy atom. The van der Waals surface area contributed by atoms with E-state index in [9.17, 15) is 20.0 Å². The normalized spacial score (nSPS) is 17.4. The first-order chi connectivity index (χ1) is 9.28. The number of non-ortho nitro benzene ring substituents is 1. The van der Waals surface area contributed by atoms with Gasteiger partial charge in [-0.15, -0.1) is 0 Å². The highest BCUT2D eigenvalue weighted by Crippen LogP contribution is 2.26. The van der Waals surface area contributed by atoms with Crippen LogP contribution in [-0.4, -0.2) is 16.7 Å². The zero-order valence-corrected chi connectivity index (χ0v) is 10.9. The van der Waals surface area contributed by atoms with Crippen molar-refractivity contribution in [3.05, 3.63) is 51.5 Å². The van der Waals surface area contributed by atoms with Gasteiger partial charge in [-0.2, -0.15) is 0 Å². The zero-order valence-electron chi connectivity index (χ0n) is 10.9. The van der Waals surface area contributed by atoms with Gasteiger partial charge in [-0.25, -0.2) is 4.79 Å². The number of nitrogens with zero attached hydrogens (tertiary/aromatic N) is 1. The first kappa shape index (κ1) is 13.9. The first-order valence-corrected chi connectivity index (χ1v) is 5.84. The smallest absolute Gasteiger partial charge is 0.337 e. The van der Waals surface area contributed by atoms with Gasteiger partial charge in [0.2, 0.25) is 0 Å². The van der Waals surface area contributed by atoms with Crippen molar-refractivity contribution in [3.63, 3.8) is 0 Å². The Morgan fingerprint density at radius 2 is 1.80 bits per heavy atom. The van der Waals surface area contributed by atoms with E-state index in [0.717, 1.165) is 0 Å². The Balaban J connectivity index is 2.21. The third-order valence-electron chi connectivity index (χ3n) is 2.70.